The largest absolute Gasteiger partial charge is 0.330 e. The lowest BCUT2D eigenvalue weighted by Gasteiger charge is -2.26. The highest BCUT2D eigenvalue weighted by atomic mass is 14.9. The van der Waals surface area contributed by atoms with E-state index in [1.807, 2.05) is 13.8 Å². The third-order valence-corrected chi connectivity index (χ3v) is 1.99. The van der Waals surface area contributed by atoms with Crippen molar-refractivity contribution in [2.24, 2.45) is 17.6 Å². The number of nitrogens with one attached hydrogen (secondary N) is 1. The van der Waals surface area contributed by atoms with Gasteiger partial charge in [-0.1, -0.05) is 20.8 Å². The Labute approximate surface area is 70.5 Å². The average molecular weight is 158 g/mol. The Morgan fingerprint density at radius 1 is 1.36 bits per heavy atom. The van der Waals surface area contributed by atoms with Gasteiger partial charge in [0.1, 0.15) is 0 Å². The van der Waals surface area contributed by atoms with Gasteiger partial charge in [0, 0.05) is 0 Å². The zero-order chi connectivity index (χ0) is 8.69. The third kappa shape index (κ3) is 4.38. The van der Waals surface area contributed by atoms with Gasteiger partial charge in [-0.05, 0) is 37.9 Å². The van der Waals surface area contributed by atoms with Crippen molar-refractivity contribution in [2.45, 2.75) is 27.2 Å². The smallest absolute Gasteiger partial charge is 0.000824 e. The Morgan fingerprint density at radius 2 is 2.00 bits per heavy atom. The van der Waals surface area contributed by atoms with E-state index < -0.39 is 0 Å². The van der Waals surface area contributed by atoms with Crippen molar-refractivity contribution < 1.29 is 0 Å². The second kappa shape index (κ2) is 6.62. The van der Waals surface area contributed by atoms with Crippen LogP contribution in [0.15, 0.2) is 0 Å². The molecule has 0 aliphatic carbocycles. The molecule has 1 aliphatic rings. The number of piperidine rings is 1. The lowest BCUT2D eigenvalue weighted by atomic mass is 9.92. The molecule has 3 N–H and O–H groups in total. The summed E-state index contributed by atoms with van der Waals surface area (Å²) in [6.07, 6.45) is 1.31. The fourth-order valence-electron chi connectivity index (χ4n) is 1.45. The zero-order valence-electron chi connectivity index (χ0n) is 8.06. The predicted octanol–water partition coefficient (Wildman–Crippen LogP) is 1.22. The van der Waals surface area contributed by atoms with Gasteiger partial charge < -0.3 is 11.1 Å². The molecule has 1 fully saturated rings. The number of hydrogen-bond donors (Lipinski definition) is 2. The first-order valence-electron chi connectivity index (χ1n) is 4.73. The van der Waals surface area contributed by atoms with Gasteiger partial charge in [0.2, 0.25) is 0 Å². The number of hydrogen-bond acceptors (Lipinski definition) is 2. The molecule has 0 aromatic heterocycles. The van der Waals surface area contributed by atoms with Crippen LogP contribution in [0.3, 0.4) is 0 Å². The van der Waals surface area contributed by atoms with Crippen molar-refractivity contribution >= 4 is 0 Å². The lowest BCUT2D eigenvalue weighted by molar-refractivity contribution is 0.308. The van der Waals surface area contributed by atoms with Crippen LogP contribution in [-0.4, -0.2) is 19.6 Å². The van der Waals surface area contributed by atoms with E-state index in [-0.39, 0.29) is 0 Å². The molecule has 0 radical (unpaired) electrons. The molecule has 2 unspecified atom stereocenters. The fraction of sp³-hybridized carbons (Fsp3) is 1.00. The first kappa shape index (κ1) is 10.9. The molecule has 0 saturated carbocycles. The Hall–Kier alpha value is -0.0800. The van der Waals surface area contributed by atoms with Crippen molar-refractivity contribution in [3.8, 4) is 0 Å². The highest BCUT2D eigenvalue weighted by Crippen LogP contribution is 2.13. The van der Waals surface area contributed by atoms with E-state index in [1.54, 1.807) is 0 Å². The van der Waals surface area contributed by atoms with Crippen LogP contribution in [-0.2, 0) is 0 Å². The summed E-state index contributed by atoms with van der Waals surface area (Å²) in [6, 6.07) is 0. The van der Waals surface area contributed by atoms with E-state index in [9.17, 15) is 0 Å². The quantitative estimate of drug-likeness (QED) is 0.602. The van der Waals surface area contributed by atoms with Crippen molar-refractivity contribution in [1.82, 2.24) is 5.32 Å². The maximum absolute atomic E-state index is 5.53. The van der Waals surface area contributed by atoms with E-state index in [2.05, 4.69) is 12.2 Å². The summed E-state index contributed by atoms with van der Waals surface area (Å²) >= 11 is 0. The maximum Gasteiger partial charge on any atom is -0.000824 e. The summed E-state index contributed by atoms with van der Waals surface area (Å²) in [5.41, 5.74) is 5.53. The van der Waals surface area contributed by atoms with E-state index in [0.29, 0.717) is 0 Å². The van der Waals surface area contributed by atoms with Crippen molar-refractivity contribution in [2.75, 3.05) is 19.6 Å². The Balaban J connectivity index is 0.000000461. The molecule has 68 valence electrons. The molecule has 0 bridgehead atoms. The van der Waals surface area contributed by atoms with Gasteiger partial charge in [0.05, 0.1) is 0 Å². The van der Waals surface area contributed by atoms with E-state index in [1.165, 1.54) is 13.0 Å². The number of nitrogens with two attached hydrogens (primary N) is 1. The summed E-state index contributed by atoms with van der Waals surface area (Å²) < 4.78 is 0. The normalized spacial score (nSPS) is 30.5. The molecule has 2 nitrogen and oxygen atoms in total. The van der Waals surface area contributed by atoms with Crippen LogP contribution in [0.2, 0.25) is 0 Å². The molecule has 1 saturated heterocycles. The van der Waals surface area contributed by atoms with E-state index >= 15 is 0 Å². The van der Waals surface area contributed by atoms with E-state index in [0.717, 1.165) is 24.9 Å². The van der Waals surface area contributed by atoms with Crippen LogP contribution in [0, 0.1) is 11.8 Å². The van der Waals surface area contributed by atoms with Gasteiger partial charge in [-0.3, -0.25) is 0 Å². The number of rotatable bonds is 1. The molecule has 0 spiro atoms. The van der Waals surface area contributed by atoms with Crippen LogP contribution in [0.25, 0.3) is 0 Å². The van der Waals surface area contributed by atoms with Crippen LogP contribution < -0.4 is 11.1 Å². The first-order valence-corrected chi connectivity index (χ1v) is 4.73. The summed E-state index contributed by atoms with van der Waals surface area (Å²) in [6.45, 7) is 9.42. The maximum atomic E-state index is 5.53. The summed E-state index contributed by atoms with van der Waals surface area (Å²) in [4.78, 5) is 0. The Kier molecular flexibility index (Phi) is 6.57. The molecule has 11 heavy (non-hydrogen) atoms. The van der Waals surface area contributed by atoms with Gasteiger partial charge in [-0.15, -0.1) is 0 Å². The summed E-state index contributed by atoms with van der Waals surface area (Å²) in [7, 11) is 0. The molecule has 0 aromatic carbocycles. The molecule has 2 atom stereocenters. The molecule has 0 amide bonds. The van der Waals surface area contributed by atoms with Crippen molar-refractivity contribution in [3.05, 3.63) is 0 Å². The summed E-state index contributed by atoms with van der Waals surface area (Å²) in [5, 5.41) is 3.36. The molecule has 2 heteroatoms. The summed E-state index contributed by atoms with van der Waals surface area (Å²) in [5.74, 6) is 1.56. The van der Waals surface area contributed by atoms with Crippen molar-refractivity contribution in [1.29, 1.82) is 0 Å². The van der Waals surface area contributed by atoms with Gasteiger partial charge in [0.15, 0.2) is 0 Å². The lowest BCUT2D eigenvalue weighted by Crippen LogP contribution is -2.38. The topological polar surface area (TPSA) is 38.0 Å². The molecule has 1 aliphatic heterocycles. The Bertz CT molecular complexity index is 83.6. The van der Waals surface area contributed by atoms with Gasteiger partial charge in [0.25, 0.3) is 0 Å². The SMILES string of the molecule is CC.CC1CNCC(CN)C1. The molecular formula is C9H22N2. The second-order valence-corrected chi connectivity index (χ2v) is 3.10. The van der Waals surface area contributed by atoms with E-state index in [4.69, 9.17) is 5.73 Å². The first-order chi connectivity index (χ1) is 5.33. The fourth-order valence-corrected chi connectivity index (χ4v) is 1.45. The monoisotopic (exact) mass is 158 g/mol. The molecule has 0 aromatic rings. The minimum atomic E-state index is 0.730. The average Bonchev–Trinajstić information content (AvgIpc) is 2.08. The van der Waals surface area contributed by atoms with Gasteiger partial charge in [-0.25, -0.2) is 0 Å². The Morgan fingerprint density at radius 3 is 2.36 bits per heavy atom. The minimum Gasteiger partial charge on any atom is -0.330 e. The van der Waals surface area contributed by atoms with Crippen LogP contribution in [0.4, 0.5) is 0 Å². The second-order valence-electron chi connectivity index (χ2n) is 3.10. The highest BCUT2D eigenvalue weighted by molar-refractivity contribution is 4.73. The van der Waals surface area contributed by atoms with Crippen LogP contribution in [0.1, 0.15) is 27.2 Å². The standard InChI is InChI=1S/C7H16N2.C2H6/c1-6-2-7(3-8)5-9-4-6;1-2/h6-7,9H,2-5,8H2,1H3;1-2H3. The molecule has 1 rings (SSSR count). The van der Waals surface area contributed by atoms with Gasteiger partial charge >= 0.3 is 0 Å². The third-order valence-electron chi connectivity index (χ3n) is 1.99. The van der Waals surface area contributed by atoms with Crippen LogP contribution in [0.5, 0.6) is 0 Å². The highest BCUT2D eigenvalue weighted by Gasteiger charge is 2.15. The zero-order valence-corrected chi connectivity index (χ0v) is 8.06. The van der Waals surface area contributed by atoms with Crippen LogP contribution >= 0.6 is 0 Å². The van der Waals surface area contributed by atoms with Gasteiger partial charge in [-0.2, -0.15) is 0 Å². The minimum absolute atomic E-state index is 0.730. The van der Waals surface area contributed by atoms with Crippen molar-refractivity contribution in [3.63, 3.8) is 0 Å². The predicted molar refractivity (Wildman–Crippen MR) is 50.5 cm³/mol. The molecular weight excluding hydrogens is 136 g/mol. The molecule has 1 heterocycles.